The number of carboxylic acid groups (broad SMARTS) is 1. The van der Waals surface area contributed by atoms with Gasteiger partial charge in [0.05, 0.1) is 0 Å². The molecule has 0 aliphatic carbocycles. The van der Waals surface area contributed by atoms with Crippen molar-refractivity contribution in [3.05, 3.63) is 0 Å². The van der Waals surface area contributed by atoms with E-state index in [9.17, 15) is 9.59 Å². The molecule has 5 nitrogen and oxygen atoms in total. The van der Waals surface area contributed by atoms with Crippen LogP contribution in [0, 0.1) is 0 Å². The van der Waals surface area contributed by atoms with E-state index in [1.54, 1.807) is 13.8 Å². The van der Waals surface area contributed by atoms with Crippen molar-refractivity contribution in [2.75, 3.05) is 0 Å². The van der Waals surface area contributed by atoms with Gasteiger partial charge in [0, 0.05) is 4.75 Å². The molecule has 0 saturated carbocycles. The normalized spacial score (nSPS) is 13.6. The van der Waals surface area contributed by atoms with Gasteiger partial charge in [0.1, 0.15) is 6.04 Å². The third kappa shape index (κ3) is 3.47. The van der Waals surface area contributed by atoms with E-state index in [0.29, 0.717) is 0 Å². The van der Waals surface area contributed by atoms with Crippen LogP contribution in [-0.4, -0.2) is 27.9 Å². The SMILES string of the molecule is CC(C)(S)[C@@H](NC(N)=O)C(=O)O. The zero-order valence-corrected chi connectivity index (χ0v) is 7.76. The Morgan fingerprint density at radius 1 is 1.58 bits per heavy atom. The Morgan fingerprint density at radius 2 is 2.00 bits per heavy atom. The minimum absolute atomic E-state index is 0.846. The predicted octanol–water partition coefficient (Wildman–Crippen LogP) is -0.184. The van der Waals surface area contributed by atoms with Gasteiger partial charge >= 0.3 is 12.0 Å². The maximum Gasteiger partial charge on any atom is 0.327 e. The van der Waals surface area contributed by atoms with E-state index in [4.69, 9.17) is 10.8 Å². The summed E-state index contributed by atoms with van der Waals surface area (Å²) < 4.78 is -0.846. The lowest BCUT2D eigenvalue weighted by Gasteiger charge is -2.25. The number of hydrogen-bond acceptors (Lipinski definition) is 3. The van der Waals surface area contributed by atoms with E-state index in [-0.39, 0.29) is 0 Å². The number of primary amides is 1. The Bertz CT molecular complexity index is 199. The Kier molecular flexibility index (Phi) is 3.38. The molecule has 0 bridgehead atoms. The van der Waals surface area contributed by atoms with E-state index < -0.39 is 22.8 Å². The molecule has 2 amide bonds. The second kappa shape index (κ2) is 3.66. The molecule has 6 heteroatoms. The van der Waals surface area contributed by atoms with Crippen LogP contribution in [0.4, 0.5) is 4.79 Å². The monoisotopic (exact) mass is 192 g/mol. The fourth-order valence-electron chi connectivity index (χ4n) is 0.683. The van der Waals surface area contributed by atoms with Crippen molar-refractivity contribution < 1.29 is 14.7 Å². The number of hydrogen-bond donors (Lipinski definition) is 4. The Morgan fingerprint density at radius 3 is 2.08 bits per heavy atom. The number of carbonyl (C=O) groups is 2. The van der Waals surface area contributed by atoms with Crippen molar-refractivity contribution >= 4 is 24.6 Å². The van der Waals surface area contributed by atoms with Gasteiger partial charge in [0.25, 0.3) is 0 Å². The molecule has 70 valence electrons. The van der Waals surface area contributed by atoms with E-state index in [2.05, 4.69) is 17.9 Å². The molecule has 0 aromatic rings. The first-order valence-electron chi connectivity index (χ1n) is 3.26. The molecule has 0 aliphatic rings. The van der Waals surface area contributed by atoms with E-state index in [1.165, 1.54) is 0 Å². The molecule has 0 unspecified atom stereocenters. The van der Waals surface area contributed by atoms with Crippen molar-refractivity contribution in [2.24, 2.45) is 5.73 Å². The quantitative estimate of drug-likeness (QED) is 0.467. The second-order valence-electron chi connectivity index (χ2n) is 2.93. The van der Waals surface area contributed by atoms with Crippen LogP contribution in [0.3, 0.4) is 0 Å². The van der Waals surface area contributed by atoms with Crippen LogP contribution in [0.1, 0.15) is 13.8 Å². The summed E-state index contributed by atoms with van der Waals surface area (Å²) in [5, 5.41) is 10.7. The molecule has 0 rings (SSSR count). The minimum atomic E-state index is -1.16. The molecule has 0 aromatic heterocycles. The van der Waals surface area contributed by atoms with Gasteiger partial charge in [-0.25, -0.2) is 9.59 Å². The van der Waals surface area contributed by atoms with Gasteiger partial charge in [-0.1, -0.05) is 0 Å². The molecule has 0 spiro atoms. The molecule has 4 N–H and O–H groups in total. The van der Waals surface area contributed by atoms with Gasteiger partial charge in [0.15, 0.2) is 0 Å². The molecular weight excluding hydrogens is 180 g/mol. The fourth-order valence-corrected chi connectivity index (χ4v) is 0.858. The summed E-state index contributed by atoms with van der Waals surface area (Å²) in [5.41, 5.74) is 4.78. The van der Waals surface area contributed by atoms with Crippen LogP contribution in [0.5, 0.6) is 0 Å². The second-order valence-corrected chi connectivity index (χ2v) is 4.09. The summed E-state index contributed by atoms with van der Waals surface area (Å²) in [4.78, 5) is 20.9. The maximum atomic E-state index is 10.6. The van der Waals surface area contributed by atoms with Crippen molar-refractivity contribution in [2.45, 2.75) is 24.6 Å². The summed E-state index contributed by atoms with van der Waals surface area (Å²) >= 11 is 4.01. The Hall–Kier alpha value is -0.910. The molecule has 0 fully saturated rings. The smallest absolute Gasteiger partial charge is 0.327 e. The first-order valence-corrected chi connectivity index (χ1v) is 3.71. The first kappa shape index (κ1) is 11.1. The number of thiol groups is 1. The van der Waals surface area contributed by atoms with E-state index >= 15 is 0 Å². The van der Waals surface area contributed by atoms with Gasteiger partial charge in [-0.2, -0.15) is 12.6 Å². The standard InChI is InChI=1S/C6H12N2O3S/c1-6(2,12)3(4(9)10)8-5(7)11/h3,12H,1-2H3,(H,9,10)(H3,7,8,11)/t3-/m0/s1. The van der Waals surface area contributed by atoms with Gasteiger partial charge in [-0.15, -0.1) is 0 Å². The van der Waals surface area contributed by atoms with Crippen molar-refractivity contribution in [1.29, 1.82) is 0 Å². The Labute approximate surface area is 75.7 Å². The van der Waals surface area contributed by atoms with E-state index in [0.717, 1.165) is 0 Å². The third-order valence-electron chi connectivity index (χ3n) is 1.24. The highest BCUT2D eigenvalue weighted by Gasteiger charge is 2.32. The molecule has 0 heterocycles. The maximum absolute atomic E-state index is 10.6. The average Bonchev–Trinajstić information content (AvgIpc) is 1.79. The van der Waals surface area contributed by atoms with Gasteiger partial charge in [0.2, 0.25) is 0 Å². The fraction of sp³-hybridized carbons (Fsp3) is 0.667. The van der Waals surface area contributed by atoms with E-state index in [1.807, 2.05) is 0 Å². The van der Waals surface area contributed by atoms with Gasteiger partial charge < -0.3 is 16.2 Å². The number of carboxylic acids is 1. The zero-order chi connectivity index (χ0) is 9.94. The lowest BCUT2D eigenvalue weighted by Crippen LogP contribution is -2.53. The van der Waals surface area contributed by atoms with Crippen LogP contribution in [-0.2, 0) is 4.79 Å². The van der Waals surface area contributed by atoms with Crippen LogP contribution in [0.2, 0.25) is 0 Å². The summed E-state index contributed by atoms with van der Waals surface area (Å²) in [7, 11) is 0. The number of aliphatic carboxylic acids is 1. The minimum Gasteiger partial charge on any atom is -0.480 e. The predicted molar refractivity (Wildman–Crippen MR) is 47.2 cm³/mol. The number of nitrogens with one attached hydrogen (secondary N) is 1. The van der Waals surface area contributed by atoms with Crippen molar-refractivity contribution in [3.63, 3.8) is 0 Å². The molecule has 1 atom stereocenters. The van der Waals surface area contributed by atoms with Gasteiger partial charge in [-0.3, -0.25) is 0 Å². The molecule has 12 heavy (non-hydrogen) atoms. The zero-order valence-electron chi connectivity index (χ0n) is 6.87. The van der Waals surface area contributed by atoms with Crippen LogP contribution < -0.4 is 11.1 Å². The largest absolute Gasteiger partial charge is 0.480 e. The number of nitrogens with two attached hydrogens (primary N) is 1. The molecule has 0 aliphatic heterocycles. The summed E-state index contributed by atoms with van der Waals surface area (Å²) in [6, 6.07) is -1.96. The number of urea groups is 1. The summed E-state index contributed by atoms with van der Waals surface area (Å²) in [6.07, 6.45) is 0. The third-order valence-corrected chi connectivity index (χ3v) is 1.50. The average molecular weight is 192 g/mol. The van der Waals surface area contributed by atoms with Crippen LogP contribution >= 0.6 is 12.6 Å². The van der Waals surface area contributed by atoms with Crippen LogP contribution in [0.25, 0.3) is 0 Å². The topological polar surface area (TPSA) is 92.4 Å². The highest BCUT2D eigenvalue weighted by molar-refractivity contribution is 7.81. The van der Waals surface area contributed by atoms with Crippen molar-refractivity contribution in [3.8, 4) is 0 Å². The van der Waals surface area contributed by atoms with Crippen molar-refractivity contribution in [1.82, 2.24) is 5.32 Å². The lowest BCUT2D eigenvalue weighted by molar-refractivity contribution is -0.139. The first-order chi connectivity index (χ1) is 5.25. The summed E-state index contributed by atoms with van der Waals surface area (Å²) in [6.45, 7) is 3.15. The van der Waals surface area contributed by atoms with Crippen LogP contribution in [0.15, 0.2) is 0 Å². The number of carbonyl (C=O) groups excluding carboxylic acids is 1. The van der Waals surface area contributed by atoms with Gasteiger partial charge in [-0.05, 0) is 13.8 Å². The molecule has 0 aromatic carbocycles. The molecule has 0 saturated heterocycles. The molecular formula is C6H12N2O3S. The lowest BCUT2D eigenvalue weighted by atomic mass is 10.0. The Balaban J connectivity index is 4.46. The number of rotatable bonds is 3. The number of amides is 2. The summed E-state index contributed by atoms with van der Waals surface area (Å²) in [5.74, 6) is -1.16. The highest BCUT2D eigenvalue weighted by Crippen LogP contribution is 2.17. The highest BCUT2D eigenvalue weighted by atomic mass is 32.1. The molecule has 0 radical (unpaired) electrons.